The Morgan fingerprint density at radius 1 is 1.17 bits per heavy atom. The van der Waals surface area contributed by atoms with Gasteiger partial charge in [-0.2, -0.15) is 0 Å². The van der Waals surface area contributed by atoms with Crippen LogP contribution in [-0.2, 0) is 16.6 Å². The smallest absolute Gasteiger partial charge is 0.255 e. The highest BCUT2D eigenvalue weighted by Gasteiger charge is 2.47. The number of carbonyl (C=O) groups is 1. The highest BCUT2D eigenvalue weighted by molar-refractivity contribution is 7.89. The van der Waals surface area contributed by atoms with Gasteiger partial charge in [0.1, 0.15) is 11.6 Å². The number of rotatable bonds is 6. The zero-order chi connectivity index (χ0) is 25.8. The van der Waals surface area contributed by atoms with E-state index in [0.717, 1.165) is 18.9 Å². The first-order valence-corrected chi connectivity index (χ1v) is 13.5. The van der Waals surface area contributed by atoms with Crippen molar-refractivity contribution in [3.63, 3.8) is 0 Å². The lowest BCUT2D eigenvalue weighted by atomic mass is 9.89. The maximum absolute atomic E-state index is 13.4. The minimum atomic E-state index is -4.06. The largest absolute Gasteiger partial charge is 0.347 e. The van der Waals surface area contributed by atoms with Crippen molar-refractivity contribution < 1.29 is 26.4 Å². The lowest BCUT2D eigenvalue weighted by Crippen LogP contribution is -2.56. The van der Waals surface area contributed by atoms with Crippen LogP contribution in [0.5, 0.6) is 0 Å². The molecule has 1 saturated carbocycles. The molecule has 13 heteroatoms. The molecule has 2 unspecified atom stereocenters. The second kappa shape index (κ2) is 9.16. The summed E-state index contributed by atoms with van der Waals surface area (Å²) in [6.45, 7) is 0.707. The monoisotopic (exact) mass is 543 g/mol. The molecule has 2 aliphatic heterocycles. The van der Waals surface area contributed by atoms with E-state index in [9.17, 15) is 26.4 Å². The van der Waals surface area contributed by atoms with Crippen molar-refractivity contribution in [2.45, 2.75) is 61.2 Å². The minimum absolute atomic E-state index is 0.00525. The Morgan fingerprint density at radius 3 is 2.42 bits per heavy atom. The van der Waals surface area contributed by atoms with Crippen molar-refractivity contribution in [3.05, 3.63) is 52.4 Å². The summed E-state index contributed by atoms with van der Waals surface area (Å²) >= 11 is 6.09. The molecular formula is C23H25ClF3N5O3S. The minimum Gasteiger partial charge on any atom is -0.347 e. The number of pyridine rings is 1. The summed E-state index contributed by atoms with van der Waals surface area (Å²) in [5.41, 5.74) is 6.35. The molecule has 3 heterocycles. The third-order valence-electron chi connectivity index (χ3n) is 6.97. The van der Waals surface area contributed by atoms with Crippen LogP contribution < -0.4 is 15.4 Å². The van der Waals surface area contributed by atoms with Gasteiger partial charge in [0.25, 0.3) is 11.8 Å². The van der Waals surface area contributed by atoms with Gasteiger partial charge < -0.3 is 15.5 Å². The summed E-state index contributed by atoms with van der Waals surface area (Å²) in [7, 11) is -4.06. The molecule has 2 aromatic rings. The number of benzene rings is 1. The Bertz CT molecular complexity index is 1290. The van der Waals surface area contributed by atoms with Crippen molar-refractivity contribution in [2.24, 2.45) is 5.73 Å². The number of piperazine rings is 1. The number of amides is 1. The Hall–Kier alpha value is -2.41. The third-order valence-corrected chi connectivity index (χ3v) is 8.78. The summed E-state index contributed by atoms with van der Waals surface area (Å²) < 4.78 is 68.1. The highest BCUT2D eigenvalue weighted by Crippen LogP contribution is 2.39. The number of hydrogen-bond donors (Lipinski definition) is 2. The van der Waals surface area contributed by atoms with E-state index in [4.69, 9.17) is 17.3 Å². The molecule has 1 amide bonds. The van der Waals surface area contributed by atoms with E-state index >= 15 is 0 Å². The number of carbonyl (C=O) groups excluding carboxylic acids is 1. The molecule has 2 saturated heterocycles. The number of likely N-dealkylation sites (tertiary alicyclic amines) is 1. The van der Waals surface area contributed by atoms with E-state index in [0.29, 0.717) is 24.6 Å². The van der Waals surface area contributed by atoms with Crippen molar-refractivity contribution in [3.8, 4) is 0 Å². The van der Waals surface area contributed by atoms with Crippen molar-refractivity contribution in [2.75, 3.05) is 18.0 Å². The van der Waals surface area contributed by atoms with E-state index in [2.05, 4.69) is 9.71 Å². The molecule has 0 spiro atoms. The van der Waals surface area contributed by atoms with Gasteiger partial charge in [-0.1, -0.05) is 11.6 Å². The number of alkyl halides is 2. The van der Waals surface area contributed by atoms with Gasteiger partial charge in [-0.25, -0.2) is 31.3 Å². The fourth-order valence-corrected chi connectivity index (χ4v) is 6.79. The fraction of sp³-hybridized carbons (Fsp3) is 0.478. The zero-order valence-electron chi connectivity index (χ0n) is 19.1. The van der Waals surface area contributed by atoms with Crippen molar-refractivity contribution in [1.82, 2.24) is 14.6 Å². The number of nitrogens with two attached hydrogens (primary N) is 1. The molecule has 36 heavy (non-hydrogen) atoms. The van der Waals surface area contributed by atoms with E-state index in [1.54, 1.807) is 4.90 Å². The van der Waals surface area contributed by atoms with Crippen LogP contribution in [0.2, 0.25) is 5.02 Å². The Kier molecular flexibility index (Phi) is 6.42. The van der Waals surface area contributed by atoms with Crippen LogP contribution in [0, 0.1) is 5.82 Å². The molecule has 0 radical (unpaired) electrons. The number of sulfonamides is 1. The standard InChI is InChI=1S/C23H25ClF3N5O3S/c24-20-5-13(25)1-4-19(20)22(33)31-11-16-2-3-17(12-31)32(16)21-7-18(6-14(10-28)29-21)36(34,35)30-15-8-23(26,27)9-15/h1,4-7,15-17,30H,2-3,8-12,28H2. The first-order chi connectivity index (χ1) is 17.0. The van der Waals surface area contributed by atoms with Gasteiger partial charge in [0.15, 0.2) is 0 Å². The van der Waals surface area contributed by atoms with Gasteiger partial charge in [0.05, 0.1) is 21.2 Å². The van der Waals surface area contributed by atoms with Crippen LogP contribution in [0.3, 0.4) is 0 Å². The molecule has 194 valence electrons. The van der Waals surface area contributed by atoms with Gasteiger partial charge in [0.2, 0.25) is 10.0 Å². The molecule has 1 aromatic carbocycles. The number of nitrogens with zero attached hydrogens (tertiary/aromatic N) is 3. The van der Waals surface area contributed by atoms with Crippen molar-refractivity contribution >= 4 is 33.3 Å². The molecule has 3 N–H and O–H groups in total. The second-order valence-corrected chi connectivity index (χ2v) is 11.7. The van der Waals surface area contributed by atoms with E-state index in [-0.39, 0.29) is 40.0 Å². The van der Waals surface area contributed by atoms with E-state index in [1.807, 2.05) is 4.90 Å². The van der Waals surface area contributed by atoms with Gasteiger partial charge >= 0.3 is 0 Å². The average Bonchev–Trinajstić information content (AvgIpc) is 3.06. The quantitative estimate of drug-likeness (QED) is 0.580. The normalized spacial score (nSPS) is 23.6. The van der Waals surface area contributed by atoms with Crippen LogP contribution >= 0.6 is 11.6 Å². The number of halogens is 4. The average molecular weight is 544 g/mol. The van der Waals surface area contributed by atoms with Crippen LogP contribution in [0.1, 0.15) is 41.7 Å². The first-order valence-electron chi connectivity index (χ1n) is 11.6. The van der Waals surface area contributed by atoms with Crippen LogP contribution in [-0.4, -0.2) is 61.3 Å². The summed E-state index contributed by atoms with van der Waals surface area (Å²) in [6, 6.07) is 5.35. The second-order valence-electron chi connectivity index (χ2n) is 9.57. The van der Waals surface area contributed by atoms with Gasteiger partial charge in [0, 0.05) is 56.7 Å². The highest BCUT2D eigenvalue weighted by atomic mass is 35.5. The van der Waals surface area contributed by atoms with Gasteiger partial charge in [-0.05, 0) is 37.1 Å². The Labute approximate surface area is 211 Å². The molecular weight excluding hydrogens is 519 g/mol. The Balaban J connectivity index is 1.37. The lowest BCUT2D eigenvalue weighted by Gasteiger charge is -2.42. The lowest BCUT2D eigenvalue weighted by molar-refractivity contribution is -0.0876. The molecule has 2 atom stereocenters. The molecule has 5 rings (SSSR count). The molecule has 1 aromatic heterocycles. The first kappa shape index (κ1) is 25.2. The maximum Gasteiger partial charge on any atom is 0.255 e. The van der Waals surface area contributed by atoms with Crippen LogP contribution in [0.15, 0.2) is 35.2 Å². The van der Waals surface area contributed by atoms with Crippen LogP contribution in [0.25, 0.3) is 0 Å². The summed E-state index contributed by atoms with van der Waals surface area (Å²) in [5, 5.41) is 0.0404. The molecule has 2 bridgehead atoms. The maximum atomic E-state index is 13.4. The van der Waals surface area contributed by atoms with Gasteiger partial charge in [-0.3, -0.25) is 4.79 Å². The zero-order valence-corrected chi connectivity index (χ0v) is 20.7. The number of anilines is 1. The van der Waals surface area contributed by atoms with E-state index in [1.165, 1.54) is 24.3 Å². The van der Waals surface area contributed by atoms with Crippen LogP contribution in [0.4, 0.5) is 19.0 Å². The third kappa shape index (κ3) is 4.79. The summed E-state index contributed by atoms with van der Waals surface area (Å²) in [4.78, 5) is 21.2. The fourth-order valence-electron chi connectivity index (χ4n) is 5.24. The van der Waals surface area contributed by atoms with E-state index < -0.39 is 40.6 Å². The molecule has 3 fully saturated rings. The molecule has 3 aliphatic rings. The van der Waals surface area contributed by atoms with Gasteiger partial charge in [-0.15, -0.1) is 0 Å². The Morgan fingerprint density at radius 2 is 1.83 bits per heavy atom. The predicted molar refractivity (Wildman–Crippen MR) is 127 cm³/mol. The number of nitrogens with one attached hydrogen (secondary N) is 1. The number of aromatic nitrogens is 1. The number of hydrogen-bond acceptors (Lipinski definition) is 6. The topological polar surface area (TPSA) is 109 Å². The molecule has 1 aliphatic carbocycles. The summed E-state index contributed by atoms with van der Waals surface area (Å²) in [5.74, 6) is -3.27. The number of fused-ring (bicyclic) bond motifs is 2. The summed E-state index contributed by atoms with van der Waals surface area (Å²) in [6.07, 6.45) is 0.452. The van der Waals surface area contributed by atoms with Crippen molar-refractivity contribution in [1.29, 1.82) is 0 Å². The predicted octanol–water partition coefficient (Wildman–Crippen LogP) is 2.90. The molecule has 8 nitrogen and oxygen atoms in total. The SMILES string of the molecule is NCc1cc(S(=O)(=O)NC2CC(F)(F)C2)cc(N2C3CCC2CN(C(=O)c2ccc(F)cc2Cl)C3)n1.